The maximum atomic E-state index is 13.7. The molecule has 0 amide bonds. The molecule has 0 radical (unpaired) electrons. The summed E-state index contributed by atoms with van der Waals surface area (Å²) >= 11 is 5.37. The topological polar surface area (TPSA) is 47.0 Å². The second-order valence-electron chi connectivity index (χ2n) is 7.16. The number of hydrogen-bond donors (Lipinski definition) is 3. The SMILES string of the molecule is CCNC(=S)NC[C@H]1c2cc(OC)c(OC)cc2CC[NH+]1Cc1cccc(F)c1. The van der Waals surface area contributed by atoms with Crippen molar-refractivity contribution < 1.29 is 18.8 Å². The summed E-state index contributed by atoms with van der Waals surface area (Å²) in [6, 6.07) is 11.1. The zero-order valence-electron chi connectivity index (χ0n) is 17.2. The molecule has 2 aromatic carbocycles. The Labute approximate surface area is 177 Å². The smallest absolute Gasteiger partial charge is 0.166 e. The van der Waals surface area contributed by atoms with Crippen LogP contribution >= 0.6 is 12.2 Å². The van der Waals surface area contributed by atoms with Crippen LogP contribution in [0, 0.1) is 5.82 Å². The number of benzene rings is 2. The summed E-state index contributed by atoms with van der Waals surface area (Å²) in [7, 11) is 3.31. The molecule has 0 bridgehead atoms. The Hall–Kier alpha value is -2.38. The van der Waals surface area contributed by atoms with Gasteiger partial charge in [-0.3, -0.25) is 0 Å². The third-order valence-corrected chi connectivity index (χ3v) is 5.64. The van der Waals surface area contributed by atoms with Gasteiger partial charge in [-0.05, 0) is 49.0 Å². The minimum absolute atomic E-state index is 0.151. The van der Waals surface area contributed by atoms with Crippen LogP contribution < -0.4 is 25.0 Å². The van der Waals surface area contributed by atoms with Gasteiger partial charge in [-0.2, -0.15) is 0 Å². The van der Waals surface area contributed by atoms with Crippen molar-refractivity contribution in [2.45, 2.75) is 25.9 Å². The largest absolute Gasteiger partial charge is 0.493 e. The van der Waals surface area contributed by atoms with Gasteiger partial charge in [0.05, 0.1) is 27.3 Å². The van der Waals surface area contributed by atoms with Gasteiger partial charge in [0, 0.05) is 24.1 Å². The number of ether oxygens (including phenoxy) is 2. The molecule has 3 N–H and O–H groups in total. The lowest BCUT2D eigenvalue weighted by Gasteiger charge is -2.35. The molecule has 0 saturated heterocycles. The predicted molar refractivity (Wildman–Crippen MR) is 116 cm³/mol. The van der Waals surface area contributed by atoms with E-state index in [0.29, 0.717) is 11.7 Å². The van der Waals surface area contributed by atoms with Crippen LogP contribution in [-0.2, 0) is 13.0 Å². The lowest BCUT2D eigenvalue weighted by molar-refractivity contribution is -0.945. The van der Waals surface area contributed by atoms with Crippen LogP contribution in [0.2, 0.25) is 0 Å². The molecule has 156 valence electrons. The number of methoxy groups -OCH3 is 2. The summed E-state index contributed by atoms with van der Waals surface area (Å²) in [6.45, 7) is 5.16. The van der Waals surface area contributed by atoms with E-state index in [-0.39, 0.29) is 11.9 Å². The van der Waals surface area contributed by atoms with Crippen LogP contribution in [-0.4, -0.2) is 39.0 Å². The molecule has 0 spiro atoms. The Morgan fingerprint density at radius 3 is 2.62 bits per heavy atom. The first-order valence-electron chi connectivity index (χ1n) is 9.91. The molecule has 0 saturated carbocycles. The summed E-state index contributed by atoms with van der Waals surface area (Å²) in [5.41, 5.74) is 3.46. The number of thiocarbonyl (C=S) groups is 1. The van der Waals surface area contributed by atoms with Gasteiger partial charge >= 0.3 is 0 Å². The minimum Gasteiger partial charge on any atom is -0.493 e. The van der Waals surface area contributed by atoms with Gasteiger partial charge in [-0.1, -0.05) is 12.1 Å². The van der Waals surface area contributed by atoms with E-state index in [9.17, 15) is 4.39 Å². The molecule has 7 heteroatoms. The molecule has 1 heterocycles. The minimum atomic E-state index is -0.200. The molecule has 3 rings (SSSR count). The molecule has 1 aliphatic heterocycles. The third-order valence-electron chi connectivity index (χ3n) is 5.35. The lowest BCUT2D eigenvalue weighted by Crippen LogP contribution is -3.12. The maximum Gasteiger partial charge on any atom is 0.166 e. The second-order valence-corrected chi connectivity index (χ2v) is 7.57. The van der Waals surface area contributed by atoms with Crippen LogP contribution in [0.4, 0.5) is 4.39 Å². The highest BCUT2D eigenvalue weighted by atomic mass is 32.1. The van der Waals surface area contributed by atoms with E-state index in [4.69, 9.17) is 21.7 Å². The Kier molecular flexibility index (Phi) is 7.28. The first-order valence-corrected chi connectivity index (χ1v) is 10.3. The Bertz CT molecular complexity index is 862. The van der Waals surface area contributed by atoms with Gasteiger partial charge in [-0.15, -0.1) is 0 Å². The zero-order chi connectivity index (χ0) is 20.8. The summed E-state index contributed by atoms with van der Waals surface area (Å²) < 4.78 is 24.7. The number of halogens is 1. The normalized spacial score (nSPS) is 17.9. The third kappa shape index (κ3) is 5.16. The van der Waals surface area contributed by atoms with E-state index in [1.165, 1.54) is 22.1 Å². The van der Waals surface area contributed by atoms with Gasteiger partial charge in [0.2, 0.25) is 0 Å². The number of rotatable bonds is 7. The van der Waals surface area contributed by atoms with E-state index >= 15 is 0 Å². The number of quaternary nitrogens is 1. The lowest BCUT2D eigenvalue weighted by atomic mass is 9.91. The van der Waals surface area contributed by atoms with Gasteiger partial charge < -0.3 is 25.0 Å². The van der Waals surface area contributed by atoms with E-state index in [1.807, 2.05) is 13.0 Å². The number of fused-ring (bicyclic) bond motifs is 1. The summed E-state index contributed by atoms with van der Waals surface area (Å²) in [6.07, 6.45) is 0.925. The molecule has 29 heavy (non-hydrogen) atoms. The molecule has 1 unspecified atom stereocenters. The van der Waals surface area contributed by atoms with Crippen molar-refractivity contribution in [3.63, 3.8) is 0 Å². The van der Waals surface area contributed by atoms with Crippen molar-refractivity contribution in [3.05, 3.63) is 58.9 Å². The molecule has 1 aliphatic rings. The molecule has 0 aromatic heterocycles. The quantitative estimate of drug-likeness (QED) is 0.601. The van der Waals surface area contributed by atoms with Crippen molar-refractivity contribution in [2.24, 2.45) is 0 Å². The van der Waals surface area contributed by atoms with E-state index in [1.54, 1.807) is 26.4 Å². The molecule has 5 nitrogen and oxygen atoms in total. The average Bonchev–Trinajstić information content (AvgIpc) is 2.72. The fourth-order valence-corrected chi connectivity index (χ4v) is 4.19. The molecular formula is C22H29FN3O2S+. The standard InChI is InChI=1S/C22H28FN3O2S/c1-4-24-22(29)25-13-19-18-12-21(28-3)20(27-2)11-16(18)8-9-26(19)14-15-6-5-7-17(23)10-15/h5-7,10-12,19H,4,8-9,13-14H2,1-3H3,(H2,24,25,29)/p+1/t19-/m0/s1. The van der Waals surface area contributed by atoms with Crippen LogP contribution in [0.5, 0.6) is 11.5 Å². The van der Waals surface area contributed by atoms with Gasteiger partial charge in [0.25, 0.3) is 0 Å². The first-order chi connectivity index (χ1) is 14.0. The number of hydrogen-bond acceptors (Lipinski definition) is 3. The molecular weight excluding hydrogens is 389 g/mol. The van der Waals surface area contributed by atoms with Crippen molar-refractivity contribution in [1.29, 1.82) is 0 Å². The van der Waals surface area contributed by atoms with Crippen molar-refractivity contribution in [3.8, 4) is 11.5 Å². The number of nitrogens with one attached hydrogen (secondary N) is 3. The van der Waals surface area contributed by atoms with Crippen LogP contribution in [0.3, 0.4) is 0 Å². The van der Waals surface area contributed by atoms with E-state index in [2.05, 4.69) is 22.8 Å². The molecule has 0 fully saturated rings. The summed E-state index contributed by atoms with van der Waals surface area (Å²) in [5, 5.41) is 7.12. The van der Waals surface area contributed by atoms with Gasteiger partial charge in [0.1, 0.15) is 18.4 Å². The highest BCUT2D eigenvalue weighted by Gasteiger charge is 2.32. The Morgan fingerprint density at radius 2 is 1.93 bits per heavy atom. The van der Waals surface area contributed by atoms with E-state index < -0.39 is 0 Å². The monoisotopic (exact) mass is 418 g/mol. The van der Waals surface area contributed by atoms with Crippen LogP contribution in [0.15, 0.2) is 36.4 Å². The highest BCUT2D eigenvalue weighted by molar-refractivity contribution is 7.80. The van der Waals surface area contributed by atoms with E-state index in [0.717, 1.165) is 43.1 Å². The van der Waals surface area contributed by atoms with Crippen molar-refractivity contribution in [1.82, 2.24) is 10.6 Å². The van der Waals surface area contributed by atoms with Gasteiger partial charge in [0.15, 0.2) is 16.6 Å². The van der Waals surface area contributed by atoms with Gasteiger partial charge in [-0.25, -0.2) is 4.39 Å². The molecule has 2 aromatic rings. The Morgan fingerprint density at radius 1 is 1.17 bits per heavy atom. The average molecular weight is 419 g/mol. The van der Waals surface area contributed by atoms with Crippen LogP contribution in [0.25, 0.3) is 0 Å². The fraction of sp³-hybridized carbons (Fsp3) is 0.409. The summed E-state index contributed by atoms with van der Waals surface area (Å²) in [4.78, 5) is 1.36. The zero-order valence-corrected chi connectivity index (χ0v) is 18.0. The summed E-state index contributed by atoms with van der Waals surface area (Å²) in [5.74, 6) is 1.26. The predicted octanol–water partition coefficient (Wildman–Crippen LogP) is 2.01. The van der Waals surface area contributed by atoms with Crippen LogP contribution in [0.1, 0.15) is 29.7 Å². The Balaban J connectivity index is 1.91. The molecule has 0 aliphatic carbocycles. The second kappa shape index (κ2) is 9.89. The maximum absolute atomic E-state index is 13.7. The fourth-order valence-electron chi connectivity index (χ4n) is 3.96. The molecule has 2 atom stereocenters. The first kappa shape index (κ1) is 21.3. The van der Waals surface area contributed by atoms with Crippen molar-refractivity contribution >= 4 is 17.3 Å². The van der Waals surface area contributed by atoms with Crippen molar-refractivity contribution in [2.75, 3.05) is 33.9 Å². The highest BCUT2D eigenvalue weighted by Crippen LogP contribution is 2.34.